The van der Waals surface area contributed by atoms with Crippen molar-refractivity contribution in [2.75, 3.05) is 11.1 Å². The Balaban J connectivity index is 1.43. The molecule has 0 bridgehead atoms. The summed E-state index contributed by atoms with van der Waals surface area (Å²) in [7, 11) is 0. The van der Waals surface area contributed by atoms with Gasteiger partial charge in [0.1, 0.15) is 0 Å². The van der Waals surface area contributed by atoms with E-state index in [-0.39, 0.29) is 0 Å². The fourth-order valence-electron chi connectivity index (χ4n) is 5.73. The minimum absolute atomic E-state index is 0.735. The molecule has 6 aromatic carbocycles. The largest absolute Gasteiger partial charge is 0.397 e. The van der Waals surface area contributed by atoms with Gasteiger partial charge in [0.15, 0.2) is 0 Å². The number of fused-ring (bicyclic) bond motifs is 3. The number of benzene rings is 6. The molecule has 0 saturated carbocycles. The van der Waals surface area contributed by atoms with Gasteiger partial charge in [-0.1, -0.05) is 109 Å². The third-order valence-corrected chi connectivity index (χ3v) is 7.59. The molecule has 0 atom stereocenters. The summed E-state index contributed by atoms with van der Waals surface area (Å²) in [6.07, 6.45) is 10.1. The molecule has 2 nitrogen and oxygen atoms in total. The number of hydrogen-bond acceptors (Lipinski definition) is 2. The van der Waals surface area contributed by atoms with Gasteiger partial charge in [0.2, 0.25) is 0 Å². The fourth-order valence-corrected chi connectivity index (χ4v) is 5.73. The van der Waals surface area contributed by atoms with Gasteiger partial charge >= 0.3 is 0 Å². The van der Waals surface area contributed by atoms with Crippen molar-refractivity contribution in [1.82, 2.24) is 0 Å². The summed E-state index contributed by atoms with van der Waals surface area (Å²) in [5.74, 6) is 0. The third-order valence-electron chi connectivity index (χ3n) is 7.59. The fraction of sp³-hybridized carbons (Fsp3) is 0.0270. The van der Waals surface area contributed by atoms with E-state index >= 15 is 0 Å². The Kier molecular flexibility index (Phi) is 5.71. The van der Waals surface area contributed by atoms with E-state index in [1.54, 1.807) is 0 Å². The van der Waals surface area contributed by atoms with Crippen LogP contribution in [0.3, 0.4) is 0 Å². The van der Waals surface area contributed by atoms with Crippen LogP contribution in [-0.2, 0) is 0 Å². The number of allylic oxidation sites excluding steroid dienone is 2. The van der Waals surface area contributed by atoms with Crippen LogP contribution in [0, 0.1) is 0 Å². The maximum Gasteiger partial charge on any atom is 0.0617 e. The van der Waals surface area contributed by atoms with E-state index in [9.17, 15) is 0 Å². The Morgan fingerprint density at radius 3 is 1.85 bits per heavy atom. The minimum atomic E-state index is 0.735. The van der Waals surface area contributed by atoms with Gasteiger partial charge in [0.25, 0.3) is 0 Å². The van der Waals surface area contributed by atoms with Crippen molar-refractivity contribution in [2.24, 2.45) is 0 Å². The summed E-state index contributed by atoms with van der Waals surface area (Å²) in [4.78, 5) is 0. The summed E-state index contributed by atoms with van der Waals surface area (Å²) in [6.45, 7) is 0. The summed E-state index contributed by atoms with van der Waals surface area (Å²) in [5.41, 5.74) is 16.3. The van der Waals surface area contributed by atoms with Crippen molar-refractivity contribution >= 4 is 50.8 Å². The molecule has 0 aliphatic heterocycles. The molecule has 0 amide bonds. The highest BCUT2D eigenvalue weighted by Gasteiger charge is 2.20. The van der Waals surface area contributed by atoms with Crippen LogP contribution in [0.4, 0.5) is 17.1 Å². The van der Waals surface area contributed by atoms with Crippen LogP contribution in [0.1, 0.15) is 17.5 Å². The average Bonchev–Trinajstić information content (AvgIpc) is 3.23. The Morgan fingerprint density at radius 2 is 1.13 bits per heavy atom. The van der Waals surface area contributed by atoms with Crippen LogP contribution in [0.15, 0.2) is 127 Å². The molecule has 6 aromatic rings. The SMILES string of the molecule is Nc1ccccc1Nc1ccc(-c2c3c(c(-c4ccc5ccccc5c4)c4ccccc24)C=CCC=C3)cc1. The third kappa shape index (κ3) is 4.17. The topological polar surface area (TPSA) is 38.0 Å². The lowest BCUT2D eigenvalue weighted by atomic mass is 9.83. The first-order valence-corrected chi connectivity index (χ1v) is 13.4. The average molecular weight is 501 g/mol. The number of rotatable bonds is 4. The Bertz CT molecular complexity index is 1910. The van der Waals surface area contributed by atoms with Crippen LogP contribution in [0.25, 0.3) is 56.0 Å². The Morgan fingerprint density at radius 1 is 0.538 bits per heavy atom. The van der Waals surface area contributed by atoms with Crippen LogP contribution in [-0.4, -0.2) is 0 Å². The molecule has 1 aliphatic carbocycles. The molecular formula is C37H28N2. The molecule has 3 N–H and O–H groups in total. The molecule has 1 aliphatic rings. The van der Waals surface area contributed by atoms with Gasteiger partial charge in [-0.25, -0.2) is 0 Å². The van der Waals surface area contributed by atoms with E-state index in [0.29, 0.717) is 0 Å². The summed E-state index contributed by atoms with van der Waals surface area (Å²) < 4.78 is 0. The Labute approximate surface area is 228 Å². The number of nitrogens with two attached hydrogens (primary N) is 1. The molecule has 0 aromatic heterocycles. The molecular weight excluding hydrogens is 472 g/mol. The van der Waals surface area contributed by atoms with Gasteiger partial charge < -0.3 is 11.1 Å². The maximum absolute atomic E-state index is 6.16. The number of para-hydroxylation sites is 2. The standard InChI is InChI=1S/C37H28N2/c38-34-16-8-9-17-35(34)39-29-22-20-26(21-23-29)36-30-12-2-1-3-13-32(30)37(33-15-7-6-14-31(33)36)28-19-18-25-10-4-5-11-27(25)24-28/h2-24,39H,1,38H2. The molecule has 0 fully saturated rings. The zero-order valence-corrected chi connectivity index (χ0v) is 21.6. The molecule has 0 radical (unpaired) electrons. The minimum Gasteiger partial charge on any atom is -0.397 e. The van der Waals surface area contributed by atoms with Crippen LogP contribution in [0.2, 0.25) is 0 Å². The van der Waals surface area contributed by atoms with E-state index in [4.69, 9.17) is 5.73 Å². The second-order valence-corrected chi connectivity index (χ2v) is 10.0. The lowest BCUT2D eigenvalue weighted by molar-refractivity contribution is 1.44. The Hall–Kier alpha value is -5.08. The van der Waals surface area contributed by atoms with E-state index in [2.05, 4.69) is 121 Å². The molecule has 0 spiro atoms. The van der Waals surface area contributed by atoms with Crippen molar-refractivity contribution in [3.05, 3.63) is 139 Å². The molecule has 7 rings (SSSR count). The number of nitrogens with one attached hydrogen (secondary N) is 1. The van der Waals surface area contributed by atoms with Crippen LogP contribution in [0.5, 0.6) is 0 Å². The number of nitrogen functional groups attached to an aromatic ring is 1. The number of anilines is 3. The highest BCUT2D eigenvalue weighted by molar-refractivity contribution is 6.12. The van der Waals surface area contributed by atoms with Gasteiger partial charge in [-0.05, 0) is 91.7 Å². The zero-order chi connectivity index (χ0) is 26.2. The highest BCUT2D eigenvalue weighted by Crippen LogP contribution is 2.44. The molecule has 0 heterocycles. The second kappa shape index (κ2) is 9.66. The van der Waals surface area contributed by atoms with Gasteiger partial charge in [-0.3, -0.25) is 0 Å². The van der Waals surface area contributed by atoms with Crippen LogP contribution < -0.4 is 11.1 Å². The molecule has 186 valence electrons. The molecule has 39 heavy (non-hydrogen) atoms. The molecule has 0 unspecified atom stereocenters. The van der Waals surface area contributed by atoms with Crippen molar-refractivity contribution in [1.29, 1.82) is 0 Å². The first-order chi connectivity index (χ1) is 19.3. The van der Waals surface area contributed by atoms with Crippen molar-refractivity contribution in [3.8, 4) is 22.3 Å². The highest BCUT2D eigenvalue weighted by atomic mass is 14.9. The van der Waals surface area contributed by atoms with E-state index in [1.165, 1.54) is 54.9 Å². The van der Waals surface area contributed by atoms with Gasteiger partial charge in [-0.2, -0.15) is 0 Å². The summed E-state index contributed by atoms with van der Waals surface area (Å²) in [6, 6.07) is 40.8. The monoisotopic (exact) mass is 500 g/mol. The van der Waals surface area contributed by atoms with Crippen molar-refractivity contribution < 1.29 is 0 Å². The zero-order valence-electron chi connectivity index (χ0n) is 21.6. The quantitative estimate of drug-likeness (QED) is 0.236. The van der Waals surface area contributed by atoms with Gasteiger partial charge in [0, 0.05) is 5.69 Å². The van der Waals surface area contributed by atoms with Crippen LogP contribution >= 0.6 is 0 Å². The van der Waals surface area contributed by atoms with E-state index < -0.39 is 0 Å². The van der Waals surface area contributed by atoms with Crippen molar-refractivity contribution in [2.45, 2.75) is 6.42 Å². The normalized spacial score (nSPS) is 12.4. The van der Waals surface area contributed by atoms with Gasteiger partial charge in [0.05, 0.1) is 11.4 Å². The van der Waals surface area contributed by atoms with Gasteiger partial charge in [-0.15, -0.1) is 0 Å². The van der Waals surface area contributed by atoms with E-state index in [1.807, 2.05) is 24.3 Å². The molecule has 2 heteroatoms. The van der Waals surface area contributed by atoms with Crippen molar-refractivity contribution in [3.63, 3.8) is 0 Å². The molecule has 0 saturated heterocycles. The summed E-state index contributed by atoms with van der Waals surface area (Å²) in [5, 5.41) is 8.49. The maximum atomic E-state index is 6.16. The summed E-state index contributed by atoms with van der Waals surface area (Å²) >= 11 is 0. The predicted octanol–water partition coefficient (Wildman–Crippen LogP) is 10.1. The lowest BCUT2D eigenvalue weighted by Gasteiger charge is -2.20. The predicted molar refractivity (Wildman–Crippen MR) is 169 cm³/mol. The smallest absolute Gasteiger partial charge is 0.0617 e. The first kappa shape index (κ1) is 23.1. The van der Waals surface area contributed by atoms with E-state index in [0.717, 1.165) is 23.5 Å². The number of hydrogen-bond donors (Lipinski definition) is 2. The lowest BCUT2D eigenvalue weighted by Crippen LogP contribution is -1.97. The second-order valence-electron chi connectivity index (χ2n) is 10.0. The first-order valence-electron chi connectivity index (χ1n) is 13.4.